The molecule has 7 heteroatoms. The summed E-state index contributed by atoms with van der Waals surface area (Å²) >= 11 is 0. The SMILES string of the molecule is CCOC(=O)Oc1ccc(C(=O)N2CCCN(C(=O)C(C)(C)C)CC2)cc1. The van der Waals surface area contributed by atoms with Gasteiger partial charge >= 0.3 is 6.16 Å². The highest BCUT2D eigenvalue weighted by Gasteiger charge is 2.29. The average molecular weight is 376 g/mol. The molecule has 0 spiro atoms. The fourth-order valence-corrected chi connectivity index (χ4v) is 2.89. The van der Waals surface area contributed by atoms with E-state index in [1.54, 1.807) is 36.1 Å². The molecule has 0 radical (unpaired) electrons. The molecule has 0 saturated carbocycles. The lowest BCUT2D eigenvalue weighted by Crippen LogP contribution is -2.42. The largest absolute Gasteiger partial charge is 0.513 e. The number of hydrogen-bond acceptors (Lipinski definition) is 5. The van der Waals surface area contributed by atoms with Gasteiger partial charge in [-0.2, -0.15) is 0 Å². The fraction of sp³-hybridized carbons (Fsp3) is 0.550. The first kappa shape index (κ1) is 20.7. The Bertz CT molecular complexity index is 679. The van der Waals surface area contributed by atoms with Gasteiger partial charge in [0.25, 0.3) is 5.91 Å². The highest BCUT2D eigenvalue weighted by molar-refractivity contribution is 5.94. The third-order valence-electron chi connectivity index (χ3n) is 4.28. The van der Waals surface area contributed by atoms with E-state index in [4.69, 9.17) is 9.47 Å². The molecule has 7 nitrogen and oxygen atoms in total. The fourth-order valence-electron chi connectivity index (χ4n) is 2.89. The molecule has 27 heavy (non-hydrogen) atoms. The van der Waals surface area contributed by atoms with E-state index in [2.05, 4.69) is 0 Å². The lowest BCUT2D eigenvalue weighted by molar-refractivity contribution is -0.139. The summed E-state index contributed by atoms with van der Waals surface area (Å²) in [4.78, 5) is 40.1. The third-order valence-corrected chi connectivity index (χ3v) is 4.28. The molecule has 0 bridgehead atoms. The molecule has 1 aromatic carbocycles. The molecular formula is C20H28N2O5. The van der Waals surface area contributed by atoms with Crippen LogP contribution in [0, 0.1) is 5.41 Å². The second-order valence-corrected chi connectivity index (χ2v) is 7.50. The Morgan fingerprint density at radius 1 is 0.963 bits per heavy atom. The van der Waals surface area contributed by atoms with Crippen molar-refractivity contribution in [3.8, 4) is 5.75 Å². The number of nitrogens with zero attached hydrogens (tertiary/aromatic N) is 2. The molecule has 0 unspecified atom stereocenters. The van der Waals surface area contributed by atoms with Gasteiger partial charge in [0, 0.05) is 37.2 Å². The van der Waals surface area contributed by atoms with Crippen LogP contribution in [-0.4, -0.2) is 60.6 Å². The maximum atomic E-state index is 12.8. The van der Waals surface area contributed by atoms with Crippen molar-refractivity contribution in [2.75, 3.05) is 32.8 Å². The standard InChI is InChI=1S/C20H28N2O5/c1-5-26-19(25)27-16-9-7-15(8-10-16)17(23)21-11-6-12-22(14-13-21)18(24)20(2,3)4/h7-10H,5-6,11-14H2,1-4H3. The Kier molecular flexibility index (Phi) is 6.82. The molecule has 148 valence electrons. The van der Waals surface area contributed by atoms with Crippen molar-refractivity contribution < 1.29 is 23.9 Å². The van der Waals surface area contributed by atoms with Crippen LogP contribution in [0.5, 0.6) is 5.75 Å². The summed E-state index contributed by atoms with van der Waals surface area (Å²) in [6, 6.07) is 6.38. The zero-order valence-electron chi connectivity index (χ0n) is 16.5. The number of ether oxygens (including phenoxy) is 2. The quantitative estimate of drug-likeness (QED) is 0.599. The second-order valence-electron chi connectivity index (χ2n) is 7.50. The van der Waals surface area contributed by atoms with Crippen LogP contribution in [0.2, 0.25) is 0 Å². The first-order chi connectivity index (χ1) is 12.7. The van der Waals surface area contributed by atoms with Gasteiger partial charge in [-0.3, -0.25) is 9.59 Å². The van der Waals surface area contributed by atoms with Gasteiger partial charge in [-0.25, -0.2) is 4.79 Å². The molecule has 0 N–H and O–H groups in total. The molecule has 1 aliphatic heterocycles. The van der Waals surface area contributed by atoms with Gasteiger partial charge in [0.05, 0.1) is 6.61 Å². The number of carbonyl (C=O) groups excluding carboxylic acids is 3. The Labute approximate surface area is 160 Å². The van der Waals surface area contributed by atoms with Crippen molar-refractivity contribution in [3.05, 3.63) is 29.8 Å². The monoisotopic (exact) mass is 376 g/mol. The normalized spacial score (nSPS) is 15.1. The summed E-state index contributed by atoms with van der Waals surface area (Å²) in [6.45, 7) is 9.95. The lowest BCUT2D eigenvalue weighted by Gasteiger charge is -2.28. The van der Waals surface area contributed by atoms with Crippen LogP contribution in [-0.2, 0) is 9.53 Å². The molecule has 1 aliphatic rings. The van der Waals surface area contributed by atoms with Crippen molar-refractivity contribution in [3.63, 3.8) is 0 Å². The molecule has 0 aromatic heterocycles. The molecule has 1 fully saturated rings. The summed E-state index contributed by atoms with van der Waals surface area (Å²) in [6.07, 6.45) is -0.0230. The first-order valence-electron chi connectivity index (χ1n) is 9.25. The summed E-state index contributed by atoms with van der Waals surface area (Å²) in [5.74, 6) is 0.336. The van der Waals surface area contributed by atoms with Gasteiger partial charge in [-0.1, -0.05) is 20.8 Å². The second kappa shape index (κ2) is 8.88. The zero-order valence-corrected chi connectivity index (χ0v) is 16.5. The lowest BCUT2D eigenvalue weighted by atomic mass is 9.94. The Hall–Kier alpha value is -2.57. The van der Waals surface area contributed by atoms with Crippen molar-refractivity contribution in [1.82, 2.24) is 9.80 Å². The van der Waals surface area contributed by atoms with E-state index < -0.39 is 11.6 Å². The van der Waals surface area contributed by atoms with Crippen LogP contribution in [0.15, 0.2) is 24.3 Å². The van der Waals surface area contributed by atoms with Gasteiger partial charge in [0.1, 0.15) is 5.75 Å². The van der Waals surface area contributed by atoms with Crippen LogP contribution < -0.4 is 4.74 Å². The predicted molar refractivity (Wildman–Crippen MR) is 101 cm³/mol. The number of benzene rings is 1. The summed E-state index contributed by atoms with van der Waals surface area (Å²) < 4.78 is 9.71. The third kappa shape index (κ3) is 5.70. The van der Waals surface area contributed by atoms with E-state index in [-0.39, 0.29) is 18.4 Å². The zero-order chi connectivity index (χ0) is 20.0. The molecule has 2 rings (SSSR count). The van der Waals surface area contributed by atoms with Crippen LogP contribution >= 0.6 is 0 Å². The first-order valence-corrected chi connectivity index (χ1v) is 9.25. The number of amides is 2. The van der Waals surface area contributed by atoms with Crippen molar-refractivity contribution >= 4 is 18.0 Å². The van der Waals surface area contributed by atoms with Crippen molar-refractivity contribution in [2.45, 2.75) is 34.1 Å². The number of rotatable bonds is 3. The molecule has 1 heterocycles. The smallest absolute Gasteiger partial charge is 0.434 e. The van der Waals surface area contributed by atoms with E-state index in [1.165, 1.54) is 0 Å². The van der Waals surface area contributed by atoms with E-state index in [0.29, 0.717) is 37.5 Å². The molecule has 0 aliphatic carbocycles. The van der Waals surface area contributed by atoms with Crippen molar-refractivity contribution in [2.24, 2.45) is 5.41 Å². The Morgan fingerprint density at radius 3 is 2.15 bits per heavy atom. The average Bonchev–Trinajstić information content (AvgIpc) is 2.86. The van der Waals surface area contributed by atoms with Crippen LogP contribution in [0.4, 0.5) is 4.79 Å². The Balaban J connectivity index is 1.97. The van der Waals surface area contributed by atoms with E-state index in [9.17, 15) is 14.4 Å². The van der Waals surface area contributed by atoms with Crippen LogP contribution in [0.3, 0.4) is 0 Å². The maximum Gasteiger partial charge on any atom is 0.513 e. The summed E-state index contributed by atoms with van der Waals surface area (Å²) in [5, 5.41) is 0. The van der Waals surface area contributed by atoms with E-state index >= 15 is 0 Å². The van der Waals surface area contributed by atoms with Crippen molar-refractivity contribution in [1.29, 1.82) is 0 Å². The minimum atomic E-state index is -0.771. The van der Waals surface area contributed by atoms with Gasteiger partial charge in [-0.15, -0.1) is 0 Å². The molecule has 1 aromatic rings. The number of hydrogen-bond donors (Lipinski definition) is 0. The number of carbonyl (C=O) groups is 3. The minimum Gasteiger partial charge on any atom is -0.434 e. The van der Waals surface area contributed by atoms with Gasteiger partial charge < -0.3 is 19.3 Å². The molecule has 1 saturated heterocycles. The van der Waals surface area contributed by atoms with E-state index in [1.807, 2.05) is 25.7 Å². The summed E-state index contributed by atoms with van der Waals surface area (Å²) in [5.41, 5.74) is 0.0929. The summed E-state index contributed by atoms with van der Waals surface area (Å²) in [7, 11) is 0. The Morgan fingerprint density at radius 2 is 1.56 bits per heavy atom. The van der Waals surface area contributed by atoms with E-state index in [0.717, 1.165) is 6.42 Å². The van der Waals surface area contributed by atoms with Gasteiger partial charge in [0.2, 0.25) is 5.91 Å². The van der Waals surface area contributed by atoms with Gasteiger partial charge in [-0.05, 0) is 37.6 Å². The topological polar surface area (TPSA) is 76.2 Å². The predicted octanol–water partition coefficient (Wildman–Crippen LogP) is 2.94. The highest BCUT2D eigenvalue weighted by atomic mass is 16.7. The molecule has 0 atom stereocenters. The van der Waals surface area contributed by atoms with Crippen LogP contribution in [0.1, 0.15) is 44.5 Å². The van der Waals surface area contributed by atoms with Gasteiger partial charge in [0.15, 0.2) is 0 Å². The molecular weight excluding hydrogens is 348 g/mol. The molecule has 2 amide bonds. The van der Waals surface area contributed by atoms with Crippen LogP contribution in [0.25, 0.3) is 0 Å². The minimum absolute atomic E-state index is 0.0947. The highest BCUT2D eigenvalue weighted by Crippen LogP contribution is 2.20. The maximum absolute atomic E-state index is 12.8.